The predicted octanol–water partition coefficient (Wildman–Crippen LogP) is 2.90. The maximum Gasteiger partial charge on any atom is 0.255 e. The molecule has 2 aromatic heterocycles. The van der Waals surface area contributed by atoms with Crippen LogP contribution in [-0.4, -0.2) is 46.6 Å². The van der Waals surface area contributed by atoms with Gasteiger partial charge in [0.05, 0.1) is 17.7 Å². The van der Waals surface area contributed by atoms with Crippen molar-refractivity contribution in [2.75, 3.05) is 19.7 Å². The molecule has 3 N–H and O–H groups in total. The number of ether oxygens (including phenoxy) is 1. The molecule has 1 aliphatic carbocycles. The number of carbonyl (C=O) groups excluding carboxylic acids is 1. The van der Waals surface area contributed by atoms with Gasteiger partial charge in [-0.3, -0.25) is 4.79 Å². The zero-order valence-electron chi connectivity index (χ0n) is 16.3. The lowest BCUT2D eigenvalue weighted by molar-refractivity contribution is 0.0931. The van der Waals surface area contributed by atoms with Crippen LogP contribution in [0.25, 0.3) is 22.3 Å². The fourth-order valence-electron chi connectivity index (χ4n) is 3.83. The van der Waals surface area contributed by atoms with E-state index in [0.717, 1.165) is 55.1 Å². The van der Waals surface area contributed by atoms with Crippen molar-refractivity contribution in [1.82, 2.24) is 25.6 Å². The molecular formula is C22H25N5O2. The first-order valence-corrected chi connectivity index (χ1v) is 10.4. The number of rotatable bonds is 6. The van der Waals surface area contributed by atoms with Gasteiger partial charge in [-0.15, -0.1) is 0 Å². The first kappa shape index (κ1) is 18.1. The standard InChI is InChI=1S/C22H25N5O2/c28-22(27-15-7-9-23-10-8-15)17-11-24-21-19(25-13-26-20(17)21)16-3-1-2-4-18(16)29-12-14-5-6-14/h1-4,11,13-15,23-24H,5-10,12H2,(H,27,28). The van der Waals surface area contributed by atoms with E-state index in [4.69, 9.17) is 4.74 Å². The van der Waals surface area contributed by atoms with Gasteiger partial charge in [-0.05, 0) is 56.8 Å². The number of amides is 1. The van der Waals surface area contributed by atoms with Crippen LogP contribution in [0.3, 0.4) is 0 Å². The summed E-state index contributed by atoms with van der Waals surface area (Å²) in [4.78, 5) is 25.0. The van der Waals surface area contributed by atoms with Crippen LogP contribution in [0, 0.1) is 5.92 Å². The maximum atomic E-state index is 12.9. The maximum absolute atomic E-state index is 12.9. The summed E-state index contributed by atoms with van der Waals surface area (Å²) < 4.78 is 6.06. The van der Waals surface area contributed by atoms with Crippen LogP contribution < -0.4 is 15.4 Å². The fraction of sp³-hybridized carbons (Fsp3) is 0.409. The van der Waals surface area contributed by atoms with Crippen molar-refractivity contribution >= 4 is 16.9 Å². The summed E-state index contributed by atoms with van der Waals surface area (Å²) in [5.74, 6) is 1.39. The Hall–Kier alpha value is -2.93. The number of benzene rings is 1. The van der Waals surface area contributed by atoms with Crippen LogP contribution >= 0.6 is 0 Å². The number of aromatic nitrogens is 3. The van der Waals surface area contributed by atoms with Crippen molar-refractivity contribution in [3.8, 4) is 17.0 Å². The van der Waals surface area contributed by atoms with E-state index in [1.165, 1.54) is 19.2 Å². The summed E-state index contributed by atoms with van der Waals surface area (Å²) in [6, 6.07) is 8.11. The fourth-order valence-corrected chi connectivity index (χ4v) is 3.83. The molecule has 7 heteroatoms. The smallest absolute Gasteiger partial charge is 0.255 e. The molecule has 1 aliphatic heterocycles. The molecule has 1 saturated carbocycles. The number of fused-ring (bicyclic) bond motifs is 1. The molecule has 7 nitrogen and oxygen atoms in total. The van der Waals surface area contributed by atoms with E-state index >= 15 is 0 Å². The van der Waals surface area contributed by atoms with Gasteiger partial charge in [0.2, 0.25) is 0 Å². The number of piperidine rings is 1. The Bertz CT molecular complexity index is 1020. The highest BCUT2D eigenvalue weighted by Gasteiger charge is 2.24. The largest absolute Gasteiger partial charge is 0.493 e. The topological polar surface area (TPSA) is 91.9 Å². The number of nitrogens with one attached hydrogen (secondary N) is 3. The van der Waals surface area contributed by atoms with Gasteiger partial charge < -0.3 is 20.4 Å². The molecule has 150 valence electrons. The molecule has 0 bridgehead atoms. The monoisotopic (exact) mass is 391 g/mol. The molecule has 3 heterocycles. The van der Waals surface area contributed by atoms with Gasteiger partial charge in [0.1, 0.15) is 23.3 Å². The molecule has 5 rings (SSSR count). The Morgan fingerprint density at radius 3 is 2.79 bits per heavy atom. The summed E-state index contributed by atoms with van der Waals surface area (Å²) in [7, 11) is 0. The van der Waals surface area contributed by atoms with Crippen molar-refractivity contribution in [1.29, 1.82) is 0 Å². The van der Waals surface area contributed by atoms with Gasteiger partial charge in [-0.2, -0.15) is 0 Å². The summed E-state index contributed by atoms with van der Waals surface area (Å²) in [6.07, 6.45) is 7.62. The average Bonchev–Trinajstić information content (AvgIpc) is 3.49. The normalized spacial score (nSPS) is 17.4. The molecule has 0 spiro atoms. The number of aromatic amines is 1. The van der Waals surface area contributed by atoms with Crippen molar-refractivity contribution in [2.24, 2.45) is 5.92 Å². The zero-order chi connectivity index (χ0) is 19.6. The molecule has 0 atom stereocenters. The highest BCUT2D eigenvalue weighted by Crippen LogP contribution is 2.35. The van der Waals surface area contributed by atoms with Crippen molar-refractivity contribution in [3.05, 3.63) is 42.4 Å². The number of carbonyl (C=O) groups is 1. The van der Waals surface area contributed by atoms with Crippen LogP contribution in [0.1, 0.15) is 36.0 Å². The summed E-state index contributed by atoms with van der Waals surface area (Å²) in [6.45, 7) is 2.60. The third-order valence-corrected chi connectivity index (χ3v) is 5.70. The van der Waals surface area contributed by atoms with Gasteiger partial charge in [-0.1, -0.05) is 12.1 Å². The Morgan fingerprint density at radius 2 is 1.97 bits per heavy atom. The first-order chi connectivity index (χ1) is 14.3. The molecule has 0 radical (unpaired) electrons. The molecule has 2 fully saturated rings. The van der Waals surface area contributed by atoms with Crippen LogP contribution in [0.4, 0.5) is 0 Å². The molecule has 1 aromatic carbocycles. The molecule has 3 aromatic rings. The lowest BCUT2D eigenvalue weighted by Crippen LogP contribution is -2.42. The minimum absolute atomic E-state index is 0.0916. The second kappa shape index (κ2) is 7.83. The van der Waals surface area contributed by atoms with E-state index < -0.39 is 0 Å². The van der Waals surface area contributed by atoms with Crippen molar-refractivity contribution in [2.45, 2.75) is 31.7 Å². The summed E-state index contributed by atoms with van der Waals surface area (Å²) >= 11 is 0. The Morgan fingerprint density at radius 1 is 1.14 bits per heavy atom. The zero-order valence-corrected chi connectivity index (χ0v) is 16.3. The third kappa shape index (κ3) is 3.82. The van der Waals surface area contributed by atoms with Gasteiger partial charge in [0.25, 0.3) is 5.91 Å². The molecule has 29 heavy (non-hydrogen) atoms. The first-order valence-electron chi connectivity index (χ1n) is 10.4. The van der Waals surface area contributed by atoms with Gasteiger partial charge in [0.15, 0.2) is 0 Å². The van der Waals surface area contributed by atoms with E-state index in [9.17, 15) is 4.79 Å². The SMILES string of the molecule is O=C(NC1CCNCC1)c1c[nH]c2c(-c3ccccc3OCC3CC3)ncnc12. The average molecular weight is 391 g/mol. The molecule has 2 aliphatic rings. The minimum atomic E-state index is -0.0916. The van der Waals surface area contributed by atoms with Crippen LogP contribution in [-0.2, 0) is 0 Å². The van der Waals surface area contributed by atoms with E-state index in [1.54, 1.807) is 6.20 Å². The highest BCUT2D eigenvalue weighted by atomic mass is 16.5. The van der Waals surface area contributed by atoms with E-state index in [1.807, 2.05) is 24.3 Å². The number of hydrogen-bond acceptors (Lipinski definition) is 5. The van der Waals surface area contributed by atoms with Gasteiger partial charge in [0, 0.05) is 17.8 Å². The molecular weight excluding hydrogens is 366 g/mol. The van der Waals surface area contributed by atoms with Gasteiger partial charge >= 0.3 is 0 Å². The second-order valence-electron chi connectivity index (χ2n) is 7.90. The van der Waals surface area contributed by atoms with Crippen LogP contribution in [0.5, 0.6) is 5.75 Å². The molecule has 1 saturated heterocycles. The van der Waals surface area contributed by atoms with E-state index in [0.29, 0.717) is 17.0 Å². The van der Waals surface area contributed by atoms with Crippen molar-refractivity contribution in [3.63, 3.8) is 0 Å². The molecule has 1 amide bonds. The Balaban J connectivity index is 1.45. The van der Waals surface area contributed by atoms with Crippen LogP contribution in [0.15, 0.2) is 36.8 Å². The minimum Gasteiger partial charge on any atom is -0.493 e. The summed E-state index contributed by atoms with van der Waals surface area (Å²) in [5.41, 5.74) is 3.61. The quantitative estimate of drug-likeness (QED) is 0.601. The lowest BCUT2D eigenvalue weighted by Gasteiger charge is -2.23. The van der Waals surface area contributed by atoms with E-state index in [2.05, 4.69) is 25.6 Å². The van der Waals surface area contributed by atoms with Gasteiger partial charge in [-0.25, -0.2) is 9.97 Å². The van der Waals surface area contributed by atoms with E-state index in [-0.39, 0.29) is 11.9 Å². The second-order valence-corrected chi connectivity index (χ2v) is 7.90. The molecule has 0 unspecified atom stereocenters. The number of nitrogens with zero attached hydrogens (tertiary/aromatic N) is 2. The summed E-state index contributed by atoms with van der Waals surface area (Å²) in [5, 5.41) is 6.45. The lowest BCUT2D eigenvalue weighted by atomic mass is 10.1. The Kier molecular flexibility index (Phi) is 4.89. The number of para-hydroxylation sites is 1. The predicted molar refractivity (Wildman–Crippen MR) is 111 cm³/mol. The number of H-pyrrole nitrogens is 1. The third-order valence-electron chi connectivity index (χ3n) is 5.70. The Labute approximate surface area is 169 Å². The number of hydrogen-bond donors (Lipinski definition) is 3. The highest BCUT2D eigenvalue weighted by molar-refractivity contribution is 6.07. The van der Waals surface area contributed by atoms with Crippen molar-refractivity contribution < 1.29 is 9.53 Å². The van der Waals surface area contributed by atoms with Crippen LogP contribution in [0.2, 0.25) is 0 Å².